The molecule has 0 fully saturated rings. The van der Waals surface area contributed by atoms with Crippen LogP contribution in [0.15, 0.2) is 23.9 Å². The van der Waals surface area contributed by atoms with Gasteiger partial charge in [0.15, 0.2) is 0 Å². The van der Waals surface area contributed by atoms with E-state index in [2.05, 4.69) is 5.32 Å². The molecule has 2 N–H and O–H groups in total. The van der Waals surface area contributed by atoms with E-state index < -0.39 is 11.8 Å². The molecule has 2 amide bonds. The number of rotatable bonds is 4. The van der Waals surface area contributed by atoms with Gasteiger partial charge in [-0.3, -0.25) is 14.5 Å². The average Bonchev–Trinajstić information content (AvgIpc) is 2.67. The Morgan fingerprint density at radius 1 is 1.30 bits per heavy atom. The Morgan fingerprint density at radius 3 is 2.65 bits per heavy atom. The second-order valence-corrected chi connectivity index (χ2v) is 4.57. The van der Waals surface area contributed by atoms with Crippen molar-refractivity contribution in [2.75, 3.05) is 18.5 Å². The van der Waals surface area contributed by atoms with E-state index in [4.69, 9.17) is 5.11 Å². The summed E-state index contributed by atoms with van der Waals surface area (Å²) in [4.78, 5) is 24.5. The molecule has 0 atom stereocenters. The topological polar surface area (TPSA) is 69.6 Å². The van der Waals surface area contributed by atoms with Gasteiger partial charge in [0, 0.05) is 17.3 Å². The molecule has 1 heterocycles. The molecule has 6 heteroatoms. The molecule has 0 unspecified atom stereocenters. The lowest BCUT2D eigenvalue weighted by Crippen LogP contribution is -2.34. The lowest BCUT2D eigenvalue weighted by molar-refractivity contribution is -0.137. The number of hydrogen-bond donors (Lipinski definition) is 2. The molecule has 0 radical (unpaired) electrons. The number of amides is 2. The highest BCUT2D eigenvalue weighted by Crippen LogP contribution is 2.24. The van der Waals surface area contributed by atoms with Gasteiger partial charge < -0.3 is 10.4 Å². The second-order valence-electron chi connectivity index (χ2n) is 4.57. The molecule has 0 spiro atoms. The first-order valence-electron chi connectivity index (χ1n) is 6.16. The van der Waals surface area contributed by atoms with Gasteiger partial charge >= 0.3 is 0 Å². The van der Waals surface area contributed by atoms with Gasteiger partial charge in [0.25, 0.3) is 11.8 Å². The lowest BCUT2D eigenvalue weighted by atomic mass is 10.1. The van der Waals surface area contributed by atoms with Crippen molar-refractivity contribution >= 4 is 17.5 Å². The van der Waals surface area contributed by atoms with Gasteiger partial charge in [-0.05, 0) is 25.5 Å². The van der Waals surface area contributed by atoms with Crippen LogP contribution in [-0.2, 0) is 9.59 Å². The summed E-state index contributed by atoms with van der Waals surface area (Å²) in [6, 6.07) is 3.25. The number of nitrogens with zero attached hydrogens (tertiary/aromatic N) is 1. The number of aliphatic hydroxyl groups is 1. The molecule has 1 aromatic rings. The number of halogens is 1. The molecule has 5 nitrogen and oxygen atoms in total. The van der Waals surface area contributed by atoms with E-state index in [1.807, 2.05) is 0 Å². The van der Waals surface area contributed by atoms with E-state index in [0.29, 0.717) is 16.8 Å². The van der Waals surface area contributed by atoms with Crippen molar-refractivity contribution in [3.8, 4) is 0 Å². The van der Waals surface area contributed by atoms with E-state index >= 15 is 0 Å². The van der Waals surface area contributed by atoms with Gasteiger partial charge in [0.1, 0.15) is 11.5 Å². The molecule has 106 valence electrons. The first-order valence-corrected chi connectivity index (χ1v) is 6.16. The Hall–Kier alpha value is -2.21. The molecule has 1 aliphatic rings. The van der Waals surface area contributed by atoms with Crippen molar-refractivity contribution in [1.29, 1.82) is 0 Å². The van der Waals surface area contributed by atoms with E-state index in [1.165, 1.54) is 0 Å². The number of β-amino-alcohol motifs (C(OH)–C–C–N with tert-alkyl or cyclic N) is 1. The van der Waals surface area contributed by atoms with Gasteiger partial charge in [-0.15, -0.1) is 0 Å². The van der Waals surface area contributed by atoms with E-state index in [1.54, 1.807) is 26.0 Å². The van der Waals surface area contributed by atoms with Crippen LogP contribution in [0.1, 0.15) is 11.1 Å². The second kappa shape index (κ2) is 5.42. The van der Waals surface area contributed by atoms with Crippen LogP contribution in [0.2, 0.25) is 0 Å². The minimum Gasteiger partial charge on any atom is -0.395 e. The Labute approximate surface area is 115 Å². The maximum atomic E-state index is 13.8. The maximum absolute atomic E-state index is 13.8. The predicted octanol–water partition coefficient (Wildman–Crippen LogP) is 1.10. The van der Waals surface area contributed by atoms with Crippen molar-refractivity contribution < 1.29 is 19.1 Å². The highest BCUT2D eigenvalue weighted by molar-refractivity contribution is 6.17. The SMILES string of the molecule is Cc1ccc(NC2=CC(=O)N(CCO)C2=O)c(C)c1F. The van der Waals surface area contributed by atoms with Crippen LogP contribution < -0.4 is 5.32 Å². The minimum atomic E-state index is -0.524. The molecule has 0 saturated carbocycles. The molecule has 0 saturated heterocycles. The fraction of sp³-hybridized carbons (Fsp3) is 0.286. The summed E-state index contributed by atoms with van der Waals surface area (Å²) in [7, 11) is 0. The third kappa shape index (κ3) is 2.42. The summed E-state index contributed by atoms with van der Waals surface area (Å²) >= 11 is 0. The van der Waals surface area contributed by atoms with E-state index in [0.717, 1.165) is 11.0 Å². The number of aryl methyl sites for hydroxylation is 1. The first kappa shape index (κ1) is 14.2. The Kier molecular flexibility index (Phi) is 3.85. The number of carbonyl (C=O) groups excluding carboxylic acids is 2. The highest BCUT2D eigenvalue weighted by atomic mass is 19.1. The molecule has 2 rings (SSSR count). The molecule has 0 aliphatic carbocycles. The number of benzene rings is 1. The summed E-state index contributed by atoms with van der Waals surface area (Å²) in [5.74, 6) is -1.36. The zero-order chi connectivity index (χ0) is 14.9. The molecule has 0 bridgehead atoms. The van der Waals surface area contributed by atoms with Crippen LogP contribution in [0.4, 0.5) is 10.1 Å². The van der Waals surface area contributed by atoms with Crippen molar-refractivity contribution in [3.05, 3.63) is 40.8 Å². The smallest absolute Gasteiger partial charge is 0.277 e. The molecule has 1 aromatic carbocycles. The summed E-state index contributed by atoms with van der Waals surface area (Å²) < 4.78 is 13.8. The summed E-state index contributed by atoms with van der Waals surface area (Å²) in [6.45, 7) is 2.90. The van der Waals surface area contributed by atoms with Crippen LogP contribution in [-0.4, -0.2) is 35.0 Å². The number of carbonyl (C=O) groups is 2. The normalized spacial score (nSPS) is 14.8. The van der Waals surface area contributed by atoms with Crippen molar-refractivity contribution in [1.82, 2.24) is 4.90 Å². The molecule has 1 aliphatic heterocycles. The number of imide groups is 1. The number of nitrogens with one attached hydrogen (secondary N) is 1. The van der Waals surface area contributed by atoms with Gasteiger partial charge in [0.05, 0.1) is 13.2 Å². The van der Waals surface area contributed by atoms with Crippen LogP contribution in [0.3, 0.4) is 0 Å². The van der Waals surface area contributed by atoms with Crippen molar-refractivity contribution in [2.24, 2.45) is 0 Å². The zero-order valence-corrected chi connectivity index (χ0v) is 11.2. The molecular weight excluding hydrogens is 263 g/mol. The van der Waals surface area contributed by atoms with Gasteiger partial charge in [-0.25, -0.2) is 4.39 Å². The highest BCUT2D eigenvalue weighted by Gasteiger charge is 2.30. The Bertz CT molecular complexity index is 611. The Balaban J connectivity index is 2.24. The average molecular weight is 278 g/mol. The third-order valence-corrected chi connectivity index (χ3v) is 3.18. The van der Waals surface area contributed by atoms with Crippen molar-refractivity contribution in [3.63, 3.8) is 0 Å². The quantitative estimate of drug-likeness (QED) is 0.809. The van der Waals surface area contributed by atoms with Gasteiger partial charge in [-0.2, -0.15) is 0 Å². The third-order valence-electron chi connectivity index (χ3n) is 3.18. The fourth-order valence-corrected chi connectivity index (χ4v) is 2.01. The lowest BCUT2D eigenvalue weighted by Gasteiger charge is -2.14. The number of aliphatic hydroxyl groups excluding tert-OH is 1. The van der Waals surface area contributed by atoms with Gasteiger partial charge in [0.2, 0.25) is 0 Å². The summed E-state index contributed by atoms with van der Waals surface area (Å²) in [6.07, 6.45) is 1.15. The number of anilines is 1. The molecule has 20 heavy (non-hydrogen) atoms. The molecule has 0 aromatic heterocycles. The van der Waals surface area contributed by atoms with Crippen molar-refractivity contribution in [2.45, 2.75) is 13.8 Å². The number of hydrogen-bond acceptors (Lipinski definition) is 4. The summed E-state index contributed by atoms with van der Waals surface area (Å²) in [5, 5.41) is 11.6. The van der Waals surface area contributed by atoms with Crippen LogP contribution in [0.25, 0.3) is 0 Å². The molecular formula is C14H15FN2O3. The summed E-state index contributed by atoms with van der Waals surface area (Å²) in [5.41, 5.74) is 1.41. The monoisotopic (exact) mass is 278 g/mol. The standard InChI is InChI=1S/C14H15FN2O3/c1-8-3-4-10(9(2)13(8)15)16-11-7-12(19)17(5-6-18)14(11)20/h3-4,7,16,18H,5-6H2,1-2H3. The first-order chi connectivity index (χ1) is 9.45. The van der Waals surface area contributed by atoms with Crippen LogP contribution >= 0.6 is 0 Å². The van der Waals surface area contributed by atoms with Crippen LogP contribution in [0.5, 0.6) is 0 Å². The maximum Gasteiger partial charge on any atom is 0.277 e. The van der Waals surface area contributed by atoms with Crippen LogP contribution in [0, 0.1) is 19.7 Å². The van der Waals surface area contributed by atoms with E-state index in [9.17, 15) is 14.0 Å². The van der Waals surface area contributed by atoms with Gasteiger partial charge in [-0.1, -0.05) is 6.07 Å². The zero-order valence-electron chi connectivity index (χ0n) is 11.2. The Morgan fingerprint density at radius 2 is 2.00 bits per heavy atom. The predicted molar refractivity (Wildman–Crippen MR) is 71.4 cm³/mol. The minimum absolute atomic E-state index is 0.0550. The fourth-order valence-electron chi connectivity index (χ4n) is 2.01. The largest absolute Gasteiger partial charge is 0.395 e. The van der Waals surface area contributed by atoms with E-state index in [-0.39, 0.29) is 24.7 Å².